The lowest BCUT2D eigenvalue weighted by atomic mass is 10.1. The number of thiophene rings is 1. The van der Waals surface area contributed by atoms with Crippen LogP contribution >= 0.6 is 11.3 Å². The van der Waals surface area contributed by atoms with Gasteiger partial charge in [0.2, 0.25) is 0 Å². The highest BCUT2D eigenvalue weighted by Gasteiger charge is 2.13. The van der Waals surface area contributed by atoms with Crippen molar-refractivity contribution in [1.82, 2.24) is 5.32 Å². The first kappa shape index (κ1) is 15.0. The maximum atomic E-state index is 12.3. The third-order valence-electron chi connectivity index (χ3n) is 3.34. The minimum absolute atomic E-state index is 0.151. The SMILES string of the molecule is O=C(O)/C(=C\c1ccsc1)NC(=O)c1ccc2ccccc2c1. The molecule has 1 heterocycles. The van der Waals surface area contributed by atoms with Gasteiger partial charge >= 0.3 is 5.97 Å². The van der Waals surface area contributed by atoms with Crippen LogP contribution in [0.25, 0.3) is 16.8 Å². The standard InChI is InChI=1S/C18H13NO3S/c20-17(15-6-5-13-3-1-2-4-14(13)10-15)19-16(18(21)22)9-12-7-8-23-11-12/h1-11H,(H,19,20)(H,21,22)/b16-9+. The topological polar surface area (TPSA) is 66.4 Å². The summed E-state index contributed by atoms with van der Waals surface area (Å²) in [5.41, 5.74) is 1.01. The van der Waals surface area contributed by atoms with Crippen LogP contribution in [0.15, 0.2) is 65.0 Å². The van der Waals surface area contributed by atoms with Gasteiger partial charge in [0.25, 0.3) is 5.91 Å². The molecule has 5 heteroatoms. The predicted octanol–water partition coefficient (Wildman–Crippen LogP) is 3.76. The molecule has 114 valence electrons. The molecule has 0 aliphatic carbocycles. The maximum Gasteiger partial charge on any atom is 0.352 e. The van der Waals surface area contributed by atoms with Crippen LogP contribution in [0.1, 0.15) is 15.9 Å². The summed E-state index contributed by atoms with van der Waals surface area (Å²) in [6.45, 7) is 0. The Balaban J connectivity index is 1.87. The quantitative estimate of drug-likeness (QED) is 0.719. The Morgan fingerprint density at radius 2 is 1.83 bits per heavy atom. The number of hydrogen-bond donors (Lipinski definition) is 2. The highest BCUT2D eigenvalue weighted by molar-refractivity contribution is 7.08. The van der Waals surface area contributed by atoms with E-state index in [2.05, 4.69) is 5.32 Å². The summed E-state index contributed by atoms with van der Waals surface area (Å²) in [7, 11) is 0. The second kappa shape index (κ2) is 6.46. The predicted molar refractivity (Wildman–Crippen MR) is 91.3 cm³/mol. The molecule has 4 nitrogen and oxygen atoms in total. The lowest BCUT2D eigenvalue weighted by Crippen LogP contribution is -2.27. The van der Waals surface area contributed by atoms with E-state index in [0.29, 0.717) is 5.56 Å². The van der Waals surface area contributed by atoms with Crippen LogP contribution in [0.5, 0.6) is 0 Å². The van der Waals surface area contributed by atoms with Crippen molar-refractivity contribution in [3.8, 4) is 0 Å². The van der Waals surface area contributed by atoms with E-state index < -0.39 is 11.9 Å². The van der Waals surface area contributed by atoms with Crippen molar-refractivity contribution in [1.29, 1.82) is 0 Å². The van der Waals surface area contributed by atoms with Crippen LogP contribution in [-0.4, -0.2) is 17.0 Å². The van der Waals surface area contributed by atoms with Crippen LogP contribution < -0.4 is 5.32 Å². The van der Waals surface area contributed by atoms with Gasteiger partial charge < -0.3 is 10.4 Å². The average molecular weight is 323 g/mol. The van der Waals surface area contributed by atoms with Crippen molar-refractivity contribution in [2.75, 3.05) is 0 Å². The Bertz CT molecular complexity index is 898. The summed E-state index contributed by atoms with van der Waals surface area (Å²) in [5, 5.41) is 17.3. The van der Waals surface area contributed by atoms with Crippen LogP contribution in [0.3, 0.4) is 0 Å². The Kier molecular flexibility index (Phi) is 4.21. The van der Waals surface area contributed by atoms with E-state index in [9.17, 15) is 14.7 Å². The number of fused-ring (bicyclic) bond motifs is 1. The molecule has 0 saturated carbocycles. The van der Waals surface area contributed by atoms with Gasteiger partial charge in [0.1, 0.15) is 5.70 Å². The number of carboxylic acids is 1. The molecule has 3 aromatic rings. The fraction of sp³-hybridized carbons (Fsp3) is 0. The number of carbonyl (C=O) groups excluding carboxylic acids is 1. The molecule has 0 fully saturated rings. The van der Waals surface area contributed by atoms with Gasteiger partial charge in [0, 0.05) is 5.56 Å². The molecular formula is C18H13NO3S. The zero-order valence-electron chi connectivity index (χ0n) is 12.0. The third kappa shape index (κ3) is 3.46. The number of amides is 1. The smallest absolute Gasteiger partial charge is 0.352 e. The Morgan fingerprint density at radius 3 is 2.52 bits per heavy atom. The summed E-state index contributed by atoms with van der Waals surface area (Å²) < 4.78 is 0. The highest BCUT2D eigenvalue weighted by atomic mass is 32.1. The zero-order chi connectivity index (χ0) is 16.2. The highest BCUT2D eigenvalue weighted by Crippen LogP contribution is 2.16. The summed E-state index contributed by atoms with van der Waals surface area (Å²) in [4.78, 5) is 23.6. The monoisotopic (exact) mass is 323 g/mol. The van der Waals surface area contributed by atoms with Crippen LogP contribution in [0.4, 0.5) is 0 Å². The van der Waals surface area contributed by atoms with Crippen LogP contribution in [0.2, 0.25) is 0 Å². The minimum atomic E-state index is -1.18. The number of nitrogens with one attached hydrogen (secondary N) is 1. The van der Waals surface area contributed by atoms with E-state index in [-0.39, 0.29) is 5.70 Å². The molecule has 23 heavy (non-hydrogen) atoms. The Hall–Kier alpha value is -2.92. The van der Waals surface area contributed by atoms with E-state index in [4.69, 9.17) is 0 Å². The molecule has 0 atom stereocenters. The van der Waals surface area contributed by atoms with Gasteiger partial charge in [-0.3, -0.25) is 4.79 Å². The van der Waals surface area contributed by atoms with Gasteiger partial charge in [-0.1, -0.05) is 30.3 Å². The third-order valence-corrected chi connectivity index (χ3v) is 4.05. The lowest BCUT2D eigenvalue weighted by molar-refractivity contribution is -0.132. The Labute approximate surface area is 136 Å². The fourth-order valence-electron chi connectivity index (χ4n) is 2.20. The van der Waals surface area contributed by atoms with Gasteiger partial charge in [-0.05, 0) is 51.4 Å². The number of rotatable bonds is 4. The van der Waals surface area contributed by atoms with Crippen molar-refractivity contribution in [3.05, 3.63) is 76.1 Å². The summed E-state index contributed by atoms with van der Waals surface area (Å²) in [5.74, 6) is -1.62. The molecule has 1 amide bonds. The van der Waals surface area contributed by atoms with Crippen molar-refractivity contribution in [2.45, 2.75) is 0 Å². The van der Waals surface area contributed by atoms with Crippen molar-refractivity contribution in [2.24, 2.45) is 0 Å². The van der Waals surface area contributed by atoms with Crippen molar-refractivity contribution < 1.29 is 14.7 Å². The minimum Gasteiger partial charge on any atom is -0.477 e. The number of carbonyl (C=O) groups is 2. The molecule has 0 saturated heterocycles. The molecule has 0 bridgehead atoms. The Morgan fingerprint density at radius 1 is 1.04 bits per heavy atom. The van der Waals surface area contributed by atoms with Gasteiger partial charge in [0.15, 0.2) is 0 Å². The van der Waals surface area contributed by atoms with E-state index in [1.165, 1.54) is 17.4 Å². The van der Waals surface area contributed by atoms with Crippen LogP contribution in [-0.2, 0) is 4.79 Å². The molecule has 0 unspecified atom stereocenters. The van der Waals surface area contributed by atoms with E-state index >= 15 is 0 Å². The first-order valence-electron chi connectivity index (χ1n) is 6.91. The van der Waals surface area contributed by atoms with E-state index in [0.717, 1.165) is 16.3 Å². The number of carboxylic acid groups (broad SMARTS) is 1. The molecule has 2 N–H and O–H groups in total. The lowest BCUT2D eigenvalue weighted by Gasteiger charge is -2.07. The number of aliphatic carboxylic acids is 1. The summed E-state index contributed by atoms with van der Waals surface area (Å²) in [6.07, 6.45) is 1.44. The molecule has 1 aromatic heterocycles. The first-order valence-corrected chi connectivity index (χ1v) is 7.85. The largest absolute Gasteiger partial charge is 0.477 e. The second-order valence-electron chi connectivity index (χ2n) is 4.94. The first-order chi connectivity index (χ1) is 11.1. The normalized spacial score (nSPS) is 11.4. The summed E-state index contributed by atoms with van der Waals surface area (Å²) in [6, 6.07) is 14.7. The van der Waals surface area contributed by atoms with E-state index in [1.807, 2.05) is 41.1 Å². The fourth-order valence-corrected chi connectivity index (χ4v) is 2.82. The van der Waals surface area contributed by atoms with E-state index in [1.54, 1.807) is 18.2 Å². The van der Waals surface area contributed by atoms with Gasteiger partial charge in [-0.15, -0.1) is 0 Å². The van der Waals surface area contributed by atoms with Crippen molar-refractivity contribution >= 4 is 40.1 Å². The van der Waals surface area contributed by atoms with Gasteiger partial charge in [-0.2, -0.15) is 11.3 Å². The number of hydrogen-bond acceptors (Lipinski definition) is 3. The maximum absolute atomic E-state index is 12.3. The molecule has 2 aromatic carbocycles. The van der Waals surface area contributed by atoms with Crippen LogP contribution in [0, 0.1) is 0 Å². The molecule has 0 spiro atoms. The molecule has 0 aliphatic heterocycles. The average Bonchev–Trinajstić information content (AvgIpc) is 3.06. The number of benzene rings is 2. The zero-order valence-corrected chi connectivity index (χ0v) is 12.8. The molecular weight excluding hydrogens is 310 g/mol. The van der Waals surface area contributed by atoms with Gasteiger partial charge in [0.05, 0.1) is 0 Å². The second-order valence-corrected chi connectivity index (χ2v) is 5.72. The molecule has 0 aliphatic rings. The van der Waals surface area contributed by atoms with Gasteiger partial charge in [-0.25, -0.2) is 4.79 Å². The van der Waals surface area contributed by atoms with Crippen molar-refractivity contribution in [3.63, 3.8) is 0 Å². The molecule has 3 rings (SSSR count). The molecule has 0 radical (unpaired) electrons. The summed E-state index contributed by atoms with van der Waals surface area (Å²) >= 11 is 1.46.